The molecule has 0 radical (unpaired) electrons. The van der Waals surface area contributed by atoms with E-state index in [2.05, 4.69) is 28.2 Å². The van der Waals surface area contributed by atoms with Gasteiger partial charge in [-0.3, -0.25) is 4.98 Å². The monoisotopic (exact) mass is 450 g/mol. The van der Waals surface area contributed by atoms with E-state index in [1.165, 1.54) is 6.07 Å². The molecule has 2 saturated heterocycles. The number of aromatic nitrogens is 2. The normalized spacial score (nSPS) is 23.0. The molecule has 5 nitrogen and oxygen atoms in total. The van der Waals surface area contributed by atoms with Crippen LogP contribution in [-0.2, 0) is 4.74 Å². The van der Waals surface area contributed by atoms with Gasteiger partial charge in [0.2, 0.25) is 0 Å². The largest absolute Gasteiger partial charge is 0.376 e. The second-order valence-corrected chi connectivity index (χ2v) is 8.91. The molecule has 2 aromatic heterocycles. The summed E-state index contributed by atoms with van der Waals surface area (Å²) in [6.45, 7) is 5.59. The van der Waals surface area contributed by atoms with Crippen LogP contribution in [0.5, 0.6) is 0 Å². The van der Waals surface area contributed by atoms with Crippen LogP contribution in [0.25, 0.3) is 5.69 Å². The van der Waals surface area contributed by atoms with Crippen LogP contribution in [-0.4, -0.2) is 38.8 Å². The quantitative estimate of drug-likeness (QED) is 0.567. The minimum absolute atomic E-state index is 0.0617. The Hall–Kier alpha value is -2.77. The number of halogens is 1. The summed E-state index contributed by atoms with van der Waals surface area (Å²) in [6.07, 6.45) is 4.08. The Balaban J connectivity index is 1.60. The predicted octanol–water partition coefficient (Wildman–Crippen LogP) is 4.78. The molecule has 166 valence electrons. The number of thiocarbonyl (C=S) groups is 1. The average molecular weight is 451 g/mol. The van der Waals surface area contributed by atoms with Gasteiger partial charge < -0.3 is 19.5 Å². The summed E-state index contributed by atoms with van der Waals surface area (Å²) in [5.41, 5.74) is 4.60. The standard InChI is InChI=1S/C25H27FN4OS/c1-16-14-19(17(2)30(16)22-11-4-3-9-20(22)26)24-23(21-10-5-6-12-27-21)28-25(32)29(24)15-18-8-7-13-31-18/h3-6,9-12,14,18,23-24H,7-8,13,15H2,1-2H3,(H,28,32)/t18-,23+,24+/m0/s1. The Morgan fingerprint density at radius 2 is 2.00 bits per heavy atom. The zero-order valence-corrected chi connectivity index (χ0v) is 19.1. The highest BCUT2D eigenvalue weighted by Crippen LogP contribution is 2.42. The average Bonchev–Trinajstić information content (AvgIpc) is 3.49. The van der Waals surface area contributed by atoms with Gasteiger partial charge in [-0.25, -0.2) is 4.39 Å². The molecular weight excluding hydrogens is 423 g/mol. The molecule has 2 aliphatic rings. The summed E-state index contributed by atoms with van der Waals surface area (Å²) >= 11 is 5.79. The summed E-state index contributed by atoms with van der Waals surface area (Å²) in [5, 5.41) is 4.21. The fourth-order valence-corrected chi connectivity index (χ4v) is 5.35. The Kier molecular flexibility index (Phi) is 5.69. The van der Waals surface area contributed by atoms with Crippen LogP contribution in [0.2, 0.25) is 0 Å². The zero-order chi connectivity index (χ0) is 22.2. The first-order valence-corrected chi connectivity index (χ1v) is 11.5. The van der Waals surface area contributed by atoms with E-state index >= 15 is 0 Å². The molecule has 0 amide bonds. The highest BCUT2D eigenvalue weighted by Gasteiger charge is 2.42. The van der Waals surface area contributed by atoms with Gasteiger partial charge in [-0.15, -0.1) is 0 Å². The van der Waals surface area contributed by atoms with Crippen molar-refractivity contribution in [1.82, 2.24) is 19.8 Å². The van der Waals surface area contributed by atoms with Gasteiger partial charge in [0.25, 0.3) is 0 Å². The van der Waals surface area contributed by atoms with Crippen LogP contribution < -0.4 is 5.32 Å². The number of aryl methyl sites for hydroxylation is 1. The lowest BCUT2D eigenvalue weighted by Crippen LogP contribution is -2.36. The summed E-state index contributed by atoms with van der Waals surface area (Å²) in [5.74, 6) is -0.238. The van der Waals surface area contributed by atoms with E-state index in [1.807, 2.05) is 48.0 Å². The molecule has 3 aromatic rings. The van der Waals surface area contributed by atoms with Gasteiger partial charge >= 0.3 is 0 Å². The zero-order valence-electron chi connectivity index (χ0n) is 18.3. The molecule has 2 fully saturated rings. The smallest absolute Gasteiger partial charge is 0.170 e. The number of rotatable bonds is 5. The lowest BCUT2D eigenvalue weighted by molar-refractivity contribution is 0.0842. The summed E-state index contributed by atoms with van der Waals surface area (Å²) in [4.78, 5) is 6.86. The summed E-state index contributed by atoms with van der Waals surface area (Å²) < 4.78 is 22.6. The van der Waals surface area contributed by atoms with E-state index in [0.717, 1.165) is 48.6 Å². The van der Waals surface area contributed by atoms with E-state index in [4.69, 9.17) is 17.0 Å². The lowest BCUT2D eigenvalue weighted by Gasteiger charge is -2.30. The van der Waals surface area contributed by atoms with Crippen molar-refractivity contribution in [2.45, 2.75) is 44.9 Å². The Labute approximate surface area is 193 Å². The molecule has 0 unspecified atom stereocenters. The van der Waals surface area contributed by atoms with Gasteiger partial charge in [-0.1, -0.05) is 18.2 Å². The molecule has 5 rings (SSSR count). The van der Waals surface area contributed by atoms with Gasteiger partial charge in [0, 0.05) is 30.7 Å². The number of nitrogens with zero attached hydrogens (tertiary/aromatic N) is 3. The summed E-state index contributed by atoms with van der Waals surface area (Å²) in [6, 6.07) is 14.8. The maximum absolute atomic E-state index is 14.7. The topological polar surface area (TPSA) is 42.3 Å². The number of pyridine rings is 1. The van der Waals surface area contributed by atoms with Crippen molar-refractivity contribution in [3.05, 3.63) is 83.2 Å². The molecule has 0 aliphatic carbocycles. The van der Waals surface area contributed by atoms with Crippen LogP contribution in [0.15, 0.2) is 54.7 Å². The molecule has 0 bridgehead atoms. The first-order valence-electron chi connectivity index (χ1n) is 11.1. The Morgan fingerprint density at radius 3 is 2.72 bits per heavy atom. The van der Waals surface area contributed by atoms with Crippen molar-refractivity contribution in [2.24, 2.45) is 0 Å². The molecule has 0 saturated carbocycles. The molecule has 1 N–H and O–H groups in total. The molecule has 2 aliphatic heterocycles. The minimum Gasteiger partial charge on any atom is -0.376 e. The Morgan fingerprint density at radius 1 is 1.19 bits per heavy atom. The molecule has 0 spiro atoms. The van der Waals surface area contributed by atoms with Crippen molar-refractivity contribution in [2.75, 3.05) is 13.2 Å². The maximum Gasteiger partial charge on any atom is 0.170 e. The molecular formula is C25H27FN4OS. The van der Waals surface area contributed by atoms with Crippen LogP contribution in [0.3, 0.4) is 0 Å². The molecule has 1 aromatic carbocycles. The van der Waals surface area contributed by atoms with Gasteiger partial charge in [-0.2, -0.15) is 0 Å². The third-order valence-electron chi connectivity index (χ3n) is 6.50. The number of hydrogen-bond donors (Lipinski definition) is 1. The third-order valence-corrected chi connectivity index (χ3v) is 6.86. The van der Waals surface area contributed by atoms with Crippen molar-refractivity contribution in [3.8, 4) is 5.69 Å². The second-order valence-electron chi connectivity index (χ2n) is 8.53. The van der Waals surface area contributed by atoms with E-state index in [1.54, 1.807) is 6.07 Å². The van der Waals surface area contributed by atoms with Gasteiger partial charge in [0.1, 0.15) is 5.82 Å². The van der Waals surface area contributed by atoms with Gasteiger partial charge in [0.05, 0.1) is 29.6 Å². The van der Waals surface area contributed by atoms with E-state index in [0.29, 0.717) is 10.8 Å². The van der Waals surface area contributed by atoms with Gasteiger partial charge in [-0.05, 0) is 74.8 Å². The number of hydrogen-bond acceptors (Lipinski definition) is 3. The van der Waals surface area contributed by atoms with E-state index in [-0.39, 0.29) is 24.0 Å². The SMILES string of the molecule is Cc1cc([C@@H]2[C@@H](c3ccccn3)NC(=S)N2C[C@@H]2CCCO2)c(C)n1-c1ccccc1F. The van der Waals surface area contributed by atoms with Crippen molar-refractivity contribution < 1.29 is 9.13 Å². The van der Waals surface area contributed by atoms with Crippen LogP contribution >= 0.6 is 12.2 Å². The fourth-order valence-electron chi connectivity index (χ4n) is 5.04. The first-order chi connectivity index (χ1) is 15.5. The summed E-state index contributed by atoms with van der Waals surface area (Å²) in [7, 11) is 0. The van der Waals surface area contributed by atoms with Crippen molar-refractivity contribution in [3.63, 3.8) is 0 Å². The number of ether oxygens (including phenoxy) is 1. The predicted molar refractivity (Wildman–Crippen MR) is 126 cm³/mol. The fraction of sp³-hybridized carbons (Fsp3) is 0.360. The maximum atomic E-state index is 14.7. The highest BCUT2D eigenvalue weighted by molar-refractivity contribution is 7.80. The number of benzene rings is 1. The first kappa shape index (κ1) is 21.1. The van der Waals surface area contributed by atoms with Crippen molar-refractivity contribution in [1.29, 1.82) is 0 Å². The van der Waals surface area contributed by atoms with E-state index < -0.39 is 0 Å². The molecule has 4 heterocycles. The number of para-hydroxylation sites is 1. The number of nitrogens with one attached hydrogen (secondary N) is 1. The highest BCUT2D eigenvalue weighted by atomic mass is 32.1. The van der Waals surface area contributed by atoms with Gasteiger partial charge in [0.15, 0.2) is 5.11 Å². The minimum atomic E-state index is -0.238. The molecule has 3 atom stereocenters. The lowest BCUT2D eigenvalue weighted by atomic mass is 9.96. The third kappa shape index (κ3) is 3.69. The molecule has 7 heteroatoms. The van der Waals surface area contributed by atoms with E-state index in [9.17, 15) is 4.39 Å². The molecule has 32 heavy (non-hydrogen) atoms. The van der Waals surface area contributed by atoms with Crippen molar-refractivity contribution >= 4 is 17.3 Å². The van der Waals surface area contributed by atoms with Crippen LogP contribution in [0, 0.1) is 19.7 Å². The van der Waals surface area contributed by atoms with Crippen LogP contribution in [0.4, 0.5) is 4.39 Å². The van der Waals surface area contributed by atoms with Crippen LogP contribution in [0.1, 0.15) is 47.6 Å². The second kappa shape index (κ2) is 8.64. The Bertz CT molecular complexity index is 1130.